The number of anilines is 1. The van der Waals surface area contributed by atoms with Crippen LogP contribution in [-0.2, 0) is 18.4 Å². The molecule has 0 saturated carbocycles. The first kappa shape index (κ1) is 18.2. The fourth-order valence-electron chi connectivity index (χ4n) is 2.88. The molecule has 1 aromatic carbocycles. The van der Waals surface area contributed by atoms with Crippen LogP contribution < -0.4 is 10.2 Å². The molecule has 1 N–H and O–H groups in total. The molecule has 1 aliphatic heterocycles. The number of aromatic nitrogens is 2. The monoisotopic (exact) mass is 378 g/mol. The lowest BCUT2D eigenvalue weighted by Gasteiger charge is -2.35. The third-order valence-corrected chi connectivity index (χ3v) is 4.57. The maximum atomic E-state index is 13.9. The molecule has 1 saturated heterocycles. The average Bonchev–Trinajstić information content (AvgIpc) is 3.04. The topological polar surface area (TPSA) is 65.8 Å². The number of guanidine groups is 1. The van der Waals surface area contributed by atoms with Crippen LogP contribution >= 0.6 is 11.6 Å². The second-order valence-electron chi connectivity index (χ2n) is 5.94. The molecule has 1 amide bonds. The molecule has 0 radical (unpaired) electrons. The second-order valence-corrected chi connectivity index (χ2v) is 6.35. The van der Waals surface area contributed by atoms with E-state index in [4.69, 9.17) is 11.6 Å². The van der Waals surface area contributed by atoms with Gasteiger partial charge in [0.25, 0.3) is 0 Å². The molecule has 2 aromatic rings. The van der Waals surface area contributed by atoms with Gasteiger partial charge in [0, 0.05) is 50.5 Å². The Bertz CT molecular complexity index is 816. The number of aryl methyl sites for hydroxylation is 1. The van der Waals surface area contributed by atoms with Crippen LogP contribution in [0, 0.1) is 5.82 Å². The summed E-state index contributed by atoms with van der Waals surface area (Å²) in [6.45, 7) is 1.49. The van der Waals surface area contributed by atoms with Crippen molar-refractivity contribution in [3.63, 3.8) is 0 Å². The summed E-state index contributed by atoms with van der Waals surface area (Å²) in [5.74, 6) is 0.109. The zero-order chi connectivity index (χ0) is 18.7. The number of benzene rings is 1. The van der Waals surface area contributed by atoms with Gasteiger partial charge in [0.15, 0.2) is 5.96 Å². The number of hydrogen-bond donors (Lipinski definition) is 1. The second kappa shape index (κ2) is 7.74. The van der Waals surface area contributed by atoms with Crippen molar-refractivity contribution in [2.45, 2.75) is 6.54 Å². The van der Waals surface area contributed by atoms with Gasteiger partial charge in [0.1, 0.15) is 12.4 Å². The first-order valence-corrected chi connectivity index (χ1v) is 8.55. The number of nitrogens with one attached hydrogen (secondary N) is 1. The molecule has 1 aliphatic rings. The van der Waals surface area contributed by atoms with Gasteiger partial charge in [0.2, 0.25) is 5.91 Å². The summed E-state index contributed by atoms with van der Waals surface area (Å²) in [6.07, 6.45) is 3.47. The van der Waals surface area contributed by atoms with Crippen molar-refractivity contribution >= 4 is 29.2 Å². The minimum Gasteiger partial charge on any atom is -0.352 e. The molecule has 26 heavy (non-hydrogen) atoms. The number of nitrogens with zero attached hydrogens (tertiary/aromatic N) is 5. The number of rotatable bonds is 3. The van der Waals surface area contributed by atoms with Crippen molar-refractivity contribution in [1.82, 2.24) is 20.0 Å². The molecule has 2 heterocycles. The number of halogens is 2. The van der Waals surface area contributed by atoms with Crippen LogP contribution in [0.5, 0.6) is 0 Å². The van der Waals surface area contributed by atoms with Gasteiger partial charge in [-0.3, -0.25) is 14.5 Å². The molecular formula is C17H20ClFN6O. The molecule has 9 heteroatoms. The lowest BCUT2D eigenvalue weighted by molar-refractivity contribution is -0.120. The van der Waals surface area contributed by atoms with Crippen LogP contribution in [0.4, 0.5) is 10.1 Å². The molecule has 0 bridgehead atoms. The largest absolute Gasteiger partial charge is 0.352 e. The van der Waals surface area contributed by atoms with Crippen molar-refractivity contribution < 1.29 is 9.18 Å². The van der Waals surface area contributed by atoms with E-state index in [1.807, 2.05) is 11.9 Å². The van der Waals surface area contributed by atoms with E-state index >= 15 is 0 Å². The predicted octanol–water partition coefficient (Wildman–Crippen LogP) is 1.64. The van der Waals surface area contributed by atoms with Crippen molar-refractivity contribution in [2.24, 2.45) is 12.0 Å². The normalized spacial score (nSPS) is 15.5. The maximum Gasteiger partial charge on any atom is 0.246 e. The highest BCUT2D eigenvalue weighted by atomic mass is 35.5. The summed E-state index contributed by atoms with van der Waals surface area (Å²) in [5, 5.41) is 7.53. The van der Waals surface area contributed by atoms with Crippen molar-refractivity contribution in [3.05, 3.63) is 47.0 Å². The fraction of sp³-hybridized carbons (Fsp3) is 0.353. The number of aliphatic imine (C=N–C) groups is 1. The standard InChI is InChI=1S/C17H20ClFN6O/c1-20-17(21-9-13-14(18)4-3-5-15(13)19)24-6-7-25(16(26)11-24)12-8-22-23(2)10-12/h3-5,8,10H,6-7,9,11H2,1-2H3,(H,20,21). The molecule has 1 aromatic heterocycles. The number of hydrogen-bond acceptors (Lipinski definition) is 3. The third-order valence-electron chi connectivity index (χ3n) is 4.22. The zero-order valence-electron chi connectivity index (χ0n) is 14.6. The van der Waals surface area contributed by atoms with E-state index in [1.54, 1.807) is 41.2 Å². The van der Waals surface area contributed by atoms with E-state index in [0.29, 0.717) is 29.6 Å². The lowest BCUT2D eigenvalue weighted by atomic mass is 10.2. The predicted molar refractivity (Wildman–Crippen MR) is 98.7 cm³/mol. The summed E-state index contributed by atoms with van der Waals surface area (Å²) in [5.41, 5.74) is 1.15. The van der Waals surface area contributed by atoms with Crippen LogP contribution in [-0.4, -0.2) is 53.2 Å². The maximum absolute atomic E-state index is 13.9. The SMILES string of the molecule is CN=C(NCc1c(F)cccc1Cl)N1CCN(c2cnn(C)c2)C(=O)C1. The summed E-state index contributed by atoms with van der Waals surface area (Å²) >= 11 is 6.05. The van der Waals surface area contributed by atoms with Gasteiger partial charge in [-0.2, -0.15) is 5.10 Å². The average molecular weight is 379 g/mol. The van der Waals surface area contributed by atoms with Gasteiger partial charge in [-0.1, -0.05) is 17.7 Å². The summed E-state index contributed by atoms with van der Waals surface area (Å²) in [7, 11) is 3.44. The number of amides is 1. The number of piperazine rings is 1. The fourth-order valence-corrected chi connectivity index (χ4v) is 3.11. The Morgan fingerprint density at radius 2 is 2.23 bits per heavy atom. The zero-order valence-corrected chi connectivity index (χ0v) is 15.4. The van der Waals surface area contributed by atoms with Crippen LogP contribution in [0.3, 0.4) is 0 Å². The molecule has 0 aliphatic carbocycles. The van der Waals surface area contributed by atoms with Gasteiger partial charge in [0.05, 0.1) is 11.9 Å². The number of carbonyl (C=O) groups is 1. The molecule has 3 rings (SSSR count). The molecule has 0 spiro atoms. The summed E-state index contributed by atoms with van der Waals surface area (Å²) < 4.78 is 15.6. The molecule has 7 nitrogen and oxygen atoms in total. The molecule has 0 unspecified atom stereocenters. The summed E-state index contributed by atoms with van der Waals surface area (Å²) in [6, 6.07) is 4.56. The highest BCUT2D eigenvalue weighted by molar-refractivity contribution is 6.31. The quantitative estimate of drug-likeness (QED) is 0.651. The van der Waals surface area contributed by atoms with Crippen LogP contribution in [0.15, 0.2) is 35.6 Å². The van der Waals surface area contributed by atoms with Crippen LogP contribution in [0.1, 0.15) is 5.56 Å². The van der Waals surface area contributed by atoms with E-state index in [-0.39, 0.29) is 24.8 Å². The third kappa shape index (κ3) is 3.80. The van der Waals surface area contributed by atoms with Crippen LogP contribution in [0.2, 0.25) is 5.02 Å². The smallest absolute Gasteiger partial charge is 0.246 e. The van der Waals surface area contributed by atoms with Gasteiger partial charge in [-0.25, -0.2) is 4.39 Å². The highest BCUT2D eigenvalue weighted by Gasteiger charge is 2.27. The van der Waals surface area contributed by atoms with E-state index in [0.717, 1.165) is 5.69 Å². The van der Waals surface area contributed by atoms with Crippen molar-refractivity contribution in [2.75, 3.05) is 31.6 Å². The Labute approximate surface area is 156 Å². The van der Waals surface area contributed by atoms with Crippen molar-refractivity contribution in [1.29, 1.82) is 0 Å². The molecule has 0 atom stereocenters. The van der Waals surface area contributed by atoms with Gasteiger partial charge < -0.3 is 15.1 Å². The number of carbonyl (C=O) groups excluding carboxylic acids is 1. The Balaban J connectivity index is 1.64. The first-order chi connectivity index (χ1) is 12.5. The molecular weight excluding hydrogens is 359 g/mol. The highest BCUT2D eigenvalue weighted by Crippen LogP contribution is 2.19. The van der Waals surface area contributed by atoms with E-state index in [1.165, 1.54) is 6.07 Å². The van der Waals surface area contributed by atoms with E-state index < -0.39 is 0 Å². The Hall–Kier alpha value is -2.61. The van der Waals surface area contributed by atoms with Gasteiger partial charge >= 0.3 is 0 Å². The van der Waals surface area contributed by atoms with Crippen LogP contribution in [0.25, 0.3) is 0 Å². The van der Waals surface area contributed by atoms with E-state index in [9.17, 15) is 9.18 Å². The first-order valence-electron chi connectivity index (χ1n) is 8.17. The van der Waals surface area contributed by atoms with E-state index in [2.05, 4.69) is 15.4 Å². The van der Waals surface area contributed by atoms with Crippen molar-refractivity contribution in [3.8, 4) is 0 Å². The lowest BCUT2D eigenvalue weighted by Crippen LogP contribution is -2.55. The van der Waals surface area contributed by atoms with Gasteiger partial charge in [-0.15, -0.1) is 0 Å². The minimum atomic E-state index is -0.377. The Morgan fingerprint density at radius 1 is 1.42 bits per heavy atom. The van der Waals surface area contributed by atoms with Gasteiger partial charge in [-0.05, 0) is 12.1 Å². The molecule has 1 fully saturated rings. The minimum absolute atomic E-state index is 0.0453. The molecule has 138 valence electrons. The summed E-state index contributed by atoms with van der Waals surface area (Å²) in [4.78, 5) is 20.2. The Kier molecular flexibility index (Phi) is 5.41. The Morgan fingerprint density at radius 3 is 2.85 bits per heavy atom.